The fraction of sp³-hybridized carbons (Fsp3) is 0.136. The summed E-state index contributed by atoms with van der Waals surface area (Å²) in [6.45, 7) is 3.28. The number of hydrogen-bond acceptors (Lipinski definition) is 5. The molecule has 0 aliphatic rings. The second-order valence-electron chi connectivity index (χ2n) is 6.08. The lowest BCUT2D eigenvalue weighted by Crippen LogP contribution is -2.09. The number of aromatic nitrogens is 2. The number of carboxylic acids is 1. The zero-order valence-electron chi connectivity index (χ0n) is 15.8. The second kappa shape index (κ2) is 8.35. The van der Waals surface area contributed by atoms with Crippen LogP contribution in [0.4, 0.5) is 0 Å². The van der Waals surface area contributed by atoms with Crippen molar-refractivity contribution >= 4 is 11.5 Å². The van der Waals surface area contributed by atoms with Crippen LogP contribution < -0.4 is 4.74 Å². The van der Waals surface area contributed by atoms with E-state index in [1.165, 1.54) is 13.4 Å². The third-order valence-electron chi connectivity index (χ3n) is 4.28. The molecule has 0 fully saturated rings. The molecule has 6 heteroatoms. The van der Waals surface area contributed by atoms with Gasteiger partial charge in [-0.05, 0) is 37.1 Å². The first-order valence-electron chi connectivity index (χ1n) is 8.64. The topological polar surface area (TPSA) is 81.5 Å². The number of ether oxygens (including phenoxy) is 2. The zero-order valence-corrected chi connectivity index (χ0v) is 15.8. The summed E-state index contributed by atoms with van der Waals surface area (Å²) in [5.41, 5.74) is 2.77. The third-order valence-corrected chi connectivity index (χ3v) is 4.28. The van der Waals surface area contributed by atoms with E-state index in [9.17, 15) is 9.90 Å². The van der Waals surface area contributed by atoms with Gasteiger partial charge < -0.3 is 14.6 Å². The van der Waals surface area contributed by atoms with E-state index in [2.05, 4.69) is 9.97 Å². The number of methoxy groups -OCH3 is 1. The van der Waals surface area contributed by atoms with Gasteiger partial charge >= 0.3 is 5.97 Å². The van der Waals surface area contributed by atoms with Crippen LogP contribution >= 0.6 is 0 Å². The van der Waals surface area contributed by atoms with Crippen molar-refractivity contribution in [2.24, 2.45) is 0 Å². The van der Waals surface area contributed by atoms with Crippen molar-refractivity contribution in [1.29, 1.82) is 0 Å². The number of nitrogens with zero attached hydrogens (tertiary/aromatic N) is 2. The lowest BCUT2D eigenvalue weighted by atomic mass is 10.0. The molecule has 3 aromatic rings. The average molecular weight is 376 g/mol. The molecule has 0 amide bonds. The highest BCUT2D eigenvalue weighted by atomic mass is 16.5. The van der Waals surface area contributed by atoms with Crippen LogP contribution in [0.25, 0.3) is 16.7 Å². The van der Waals surface area contributed by atoms with E-state index in [1.54, 1.807) is 19.9 Å². The Balaban J connectivity index is 2.05. The van der Waals surface area contributed by atoms with Gasteiger partial charge in [0.2, 0.25) is 5.88 Å². The Hall–Kier alpha value is -3.67. The summed E-state index contributed by atoms with van der Waals surface area (Å²) < 4.78 is 11.1. The lowest BCUT2D eigenvalue weighted by Gasteiger charge is -2.14. The van der Waals surface area contributed by atoms with Gasteiger partial charge in [0.25, 0.3) is 0 Å². The fourth-order valence-corrected chi connectivity index (χ4v) is 2.83. The number of benzene rings is 2. The van der Waals surface area contributed by atoms with Crippen molar-refractivity contribution < 1.29 is 19.4 Å². The Morgan fingerprint density at radius 3 is 2.39 bits per heavy atom. The van der Waals surface area contributed by atoms with Crippen LogP contribution in [-0.4, -0.2) is 28.2 Å². The minimum atomic E-state index is -1.14. The number of carboxylic acid groups (broad SMARTS) is 1. The predicted molar refractivity (Wildman–Crippen MR) is 106 cm³/mol. The minimum Gasteiger partial charge on any atom is -0.500 e. The van der Waals surface area contributed by atoms with Crippen molar-refractivity contribution in [3.63, 3.8) is 0 Å². The first kappa shape index (κ1) is 19.1. The minimum absolute atomic E-state index is 0.0326. The number of carbonyl (C=O) groups is 1. The fourth-order valence-electron chi connectivity index (χ4n) is 2.83. The van der Waals surface area contributed by atoms with E-state index in [0.29, 0.717) is 17.0 Å². The quantitative estimate of drug-likeness (QED) is 0.496. The smallest absolute Gasteiger partial charge is 0.340 e. The summed E-state index contributed by atoms with van der Waals surface area (Å²) in [4.78, 5) is 20.1. The van der Waals surface area contributed by atoms with Crippen LogP contribution in [0.2, 0.25) is 0 Å². The molecule has 0 atom stereocenters. The average Bonchev–Trinajstić information content (AvgIpc) is 2.70. The molecule has 0 saturated heterocycles. The van der Waals surface area contributed by atoms with Gasteiger partial charge in [0.15, 0.2) is 0 Å². The molecule has 0 saturated carbocycles. The van der Waals surface area contributed by atoms with E-state index in [-0.39, 0.29) is 17.2 Å². The maximum Gasteiger partial charge on any atom is 0.340 e. The number of allylic oxidation sites excluding steroid dienone is 1. The summed E-state index contributed by atoms with van der Waals surface area (Å²) in [7, 11) is 1.42. The molecule has 0 unspecified atom stereocenters. The summed E-state index contributed by atoms with van der Waals surface area (Å²) in [6.07, 6.45) is 1.34. The van der Waals surface area contributed by atoms with Crippen molar-refractivity contribution in [2.45, 2.75) is 13.8 Å². The van der Waals surface area contributed by atoms with E-state index in [1.807, 2.05) is 48.5 Å². The van der Waals surface area contributed by atoms with Gasteiger partial charge in [-0.1, -0.05) is 42.5 Å². The van der Waals surface area contributed by atoms with Crippen molar-refractivity contribution in [2.75, 3.05) is 7.11 Å². The Kier molecular flexibility index (Phi) is 5.69. The molecule has 2 aromatic carbocycles. The van der Waals surface area contributed by atoms with Gasteiger partial charge in [0, 0.05) is 0 Å². The van der Waals surface area contributed by atoms with Gasteiger partial charge in [-0.3, -0.25) is 0 Å². The predicted octanol–water partition coefficient (Wildman–Crippen LogP) is 4.71. The van der Waals surface area contributed by atoms with Crippen molar-refractivity contribution in [3.8, 4) is 22.8 Å². The molecule has 3 rings (SSSR count). The van der Waals surface area contributed by atoms with Crippen LogP contribution in [0.5, 0.6) is 11.6 Å². The number of aliphatic carboxylic acids is 1. The second-order valence-corrected chi connectivity index (χ2v) is 6.08. The summed E-state index contributed by atoms with van der Waals surface area (Å²) >= 11 is 0. The maximum atomic E-state index is 11.8. The van der Waals surface area contributed by atoms with Gasteiger partial charge in [0.05, 0.1) is 18.4 Å². The largest absolute Gasteiger partial charge is 0.500 e. The molecule has 142 valence electrons. The SMILES string of the molecule is COC(C)=C(C(=O)O)c1c(C)ncnc1Oc1cccc(-c2ccccc2)c1. The lowest BCUT2D eigenvalue weighted by molar-refractivity contribution is -0.130. The Morgan fingerprint density at radius 1 is 1.00 bits per heavy atom. The molecule has 0 aliphatic heterocycles. The van der Waals surface area contributed by atoms with E-state index >= 15 is 0 Å². The molecule has 0 bridgehead atoms. The van der Waals surface area contributed by atoms with Crippen LogP contribution in [0.3, 0.4) is 0 Å². The zero-order chi connectivity index (χ0) is 20.1. The number of aryl methyl sites for hydroxylation is 1. The van der Waals surface area contributed by atoms with Gasteiger partial charge in [0.1, 0.15) is 23.4 Å². The highest BCUT2D eigenvalue weighted by Crippen LogP contribution is 2.33. The first-order chi connectivity index (χ1) is 13.5. The molecule has 1 heterocycles. The Morgan fingerprint density at radius 2 is 1.71 bits per heavy atom. The molecular formula is C22H20N2O4. The van der Waals surface area contributed by atoms with E-state index in [4.69, 9.17) is 9.47 Å². The van der Waals surface area contributed by atoms with Crippen LogP contribution in [0, 0.1) is 6.92 Å². The summed E-state index contributed by atoms with van der Waals surface area (Å²) in [5, 5.41) is 9.69. The number of hydrogen-bond donors (Lipinski definition) is 1. The van der Waals surface area contributed by atoms with Crippen molar-refractivity contribution in [3.05, 3.63) is 77.9 Å². The molecule has 6 nitrogen and oxygen atoms in total. The van der Waals surface area contributed by atoms with E-state index in [0.717, 1.165) is 11.1 Å². The summed E-state index contributed by atoms with van der Waals surface area (Å²) in [6, 6.07) is 17.4. The van der Waals surface area contributed by atoms with Gasteiger partial charge in [-0.2, -0.15) is 0 Å². The maximum absolute atomic E-state index is 11.8. The normalized spacial score (nSPS) is 11.5. The number of rotatable bonds is 6. The first-order valence-corrected chi connectivity index (χ1v) is 8.64. The van der Waals surface area contributed by atoms with Crippen molar-refractivity contribution in [1.82, 2.24) is 9.97 Å². The van der Waals surface area contributed by atoms with Crippen LogP contribution in [0.15, 0.2) is 66.7 Å². The molecule has 28 heavy (non-hydrogen) atoms. The molecule has 1 N–H and O–H groups in total. The third kappa shape index (κ3) is 4.01. The molecule has 1 aromatic heterocycles. The highest BCUT2D eigenvalue weighted by Gasteiger charge is 2.24. The highest BCUT2D eigenvalue weighted by molar-refractivity contribution is 6.17. The van der Waals surface area contributed by atoms with Crippen LogP contribution in [0.1, 0.15) is 18.2 Å². The van der Waals surface area contributed by atoms with E-state index < -0.39 is 5.97 Å². The molecule has 0 aliphatic carbocycles. The molecule has 0 radical (unpaired) electrons. The monoisotopic (exact) mass is 376 g/mol. The summed E-state index contributed by atoms with van der Waals surface area (Å²) in [5.74, 6) is -0.194. The molecular weight excluding hydrogens is 356 g/mol. The molecule has 0 spiro atoms. The van der Waals surface area contributed by atoms with Gasteiger partial charge in [-0.15, -0.1) is 0 Å². The Labute approximate surface area is 163 Å². The standard InChI is InChI=1S/C22H20N2O4/c1-14-19(20(22(25)26)15(2)27-3)21(24-13-23-14)28-18-11-7-10-17(12-18)16-8-5-4-6-9-16/h4-13H,1-3H3,(H,25,26). The van der Waals surface area contributed by atoms with Crippen LogP contribution in [-0.2, 0) is 9.53 Å². The Bertz CT molecular complexity index is 1030. The van der Waals surface area contributed by atoms with Gasteiger partial charge in [-0.25, -0.2) is 14.8 Å².